The summed E-state index contributed by atoms with van der Waals surface area (Å²) < 4.78 is 0. The first kappa shape index (κ1) is 42.9. The number of hydrogen-bond donors (Lipinski definition) is 8. The van der Waals surface area contributed by atoms with Gasteiger partial charge in [0.15, 0.2) is 0 Å². The van der Waals surface area contributed by atoms with E-state index in [0.29, 0.717) is 12.2 Å². The molecule has 0 bridgehead atoms. The Hall–Kier alpha value is -2.23. The van der Waals surface area contributed by atoms with E-state index in [4.69, 9.17) is 5.11 Å². The fraction of sp³-hybridized carbons (Fsp3) is 0.829. The van der Waals surface area contributed by atoms with Gasteiger partial charge in [0.1, 0.15) is 41.9 Å². The van der Waals surface area contributed by atoms with Gasteiger partial charge >= 0.3 is 0 Å². The molecule has 1 aromatic rings. The van der Waals surface area contributed by atoms with Crippen LogP contribution in [0.4, 0.5) is 0 Å². The van der Waals surface area contributed by atoms with E-state index < -0.39 is 60.3 Å². The number of rotatable bonds is 27. The number of carbonyl (C=O) groups excluding carboxylic acids is 3. The molecule has 0 aromatic carbocycles. The van der Waals surface area contributed by atoms with Crippen LogP contribution in [-0.2, 0) is 20.8 Å². The van der Waals surface area contributed by atoms with Gasteiger partial charge in [0.25, 0.3) is 0 Å². The smallest absolute Gasteiger partial charge is 0.244 e. The van der Waals surface area contributed by atoms with Crippen LogP contribution in [0.15, 0.2) is 12.5 Å². The Kier molecular flexibility index (Phi) is 21.8. The zero-order chi connectivity index (χ0) is 36.0. The largest absolute Gasteiger partial charge is 0.394 e. The highest BCUT2D eigenvalue weighted by molar-refractivity contribution is 8.00. The maximum atomic E-state index is 13.5. The summed E-state index contributed by atoms with van der Waals surface area (Å²) in [5.74, 6) is -1.46. The number of nitrogens with one attached hydrogen (secondary N) is 3. The Balaban J connectivity index is 1.76. The number of carbonyl (C=O) groups is 3. The second kappa shape index (κ2) is 24.8. The van der Waals surface area contributed by atoms with Gasteiger partial charge in [-0.3, -0.25) is 14.4 Å². The van der Waals surface area contributed by atoms with Crippen LogP contribution in [0.2, 0.25) is 0 Å². The third-order valence-electron chi connectivity index (χ3n) is 9.22. The van der Waals surface area contributed by atoms with Gasteiger partial charge in [-0.25, -0.2) is 4.98 Å². The predicted molar refractivity (Wildman–Crippen MR) is 190 cm³/mol. The van der Waals surface area contributed by atoms with E-state index in [-0.39, 0.29) is 18.1 Å². The average molecular weight is 714 g/mol. The number of nitrogens with zero attached hydrogens (tertiary/aromatic N) is 2. The van der Waals surface area contributed by atoms with Crippen LogP contribution in [0.3, 0.4) is 0 Å². The van der Waals surface area contributed by atoms with E-state index in [1.807, 2.05) is 0 Å². The molecule has 3 amide bonds. The van der Waals surface area contributed by atoms with Gasteiger partial charge < -0.3 is 46.1 Å². The molecular formula is C35H63N5O8S. The molecule has 0 radical (unpaired) electrons. The number of aromatic nitrogens is 2. The zero-order valence-electron chi connectivity index (χ0n) is 29.6. The van der Waals surface area contributed by atoms with Gasteiger partial charge in [-0.05, 0) is 6.42 Å². The summed E-state index contributed by atoms with van der Waals surface area (Å²) in [7, 11) is 0. The Morgan fingerprint density at radius 2 is 1.45 bits per heavy atom. The van der Waals surface area contributed by atoms with Crippen molar-refractivity contribution in [3.8, 4) is 0 Å². The van der Waals surface area contributed by atoms with Crippen LogP contribution in [0, 0.1) is 0 Å². The normalized spacial score (nSPS) is 19.3. The third kappa shape index (κ3) is 15.7. The molecule has 8 N–H and O–H groups in total. The van der Waals surface area contributed by atoms with Gasteiger partial charge in [0, 0.05) is 37.5 Å². The van der Waals surface area contributed by atoms with Crippen LogP contribution in [0.25, 0.3) is 0 Å². The molecule has 1 saturated heterocycles. The molecule has 7 atom stereocenters. The molecule has 1 fully saturated rings. The number of hydrogen-bond acceptors (Lipinski definition) is 10. The summed E-state index contributed by atoms with van der Waals surface area (Å²) in [6.07, 6.45) is 16.2. The molecule has 0 spiro atoms. The van der Waals surface area contributed by atoms with Crippen LogP contribution >= 0.6 is 11.8 Å². The van der Waals surface area contributed by atoms with E-state index in [0.717, 1.165) is 35.9 Å². The highest BCUT2D eigenvalue weighted by atomic mass is 32.2. The lowest BCUT2D eigenvalue weighted by Gasteiger charge is -2.34. The van der Waals surface area contributed by atoms with Gasteiger partial charge in [-0.1, -0.05) is 103 Å². The van der Waals surface area contributed by atoms with Crippen molar-refractivity contribution in [3.63, 3.8) is 0 Å². The summed E-state index contributed by atoms with van der Waals surface area (Å²) in [4.78, 5) is 47.4. The molecule has 14 heteroatoms. The van der Waals surface area contributed by atoms with Gasteiger partial charge in [0.05, 0.1) is 12.9 Å². The first-order valence-electron chi connectivity index (χ1n) is 18.4. The Morgan fingerprint density at radius 3 is 1.94 bits per heavy atom. The molecular weight excluding hydrogens is 650 g/mol. The van der Waals surface area contributed by atoms with Crippen molar-refractivity contribution in [2.45, 2.75) is 165 Å². The van der Waals surface area contributed by atoms with E-state index >= 15 is 0 Å². The molecule has 1 aliphatic heterocycles. The van der Waals surface area contributed by atoms with Crippen molar-refractivity contribution in [2.24, 2.45) is 0 Å². The molecule has 1 aliphatic rings. The van der Waals surface area contributed by atoms with E-state index in [2.05, 4.69) is 27.5 Å². The molecule has 13 nitrogen and oxygen atoms in total. The number of unbranched alkanes of at least 4 members (excludes halogenated alkanes) is 15. The molecule has 0 aliphatic carbocycles. The second-order valence-corrected chi connectivity index (χ2v) is 14.5. The Labute approximate surface area is 296 Å². The molecule has 49 heavy (non-hydrogen) atoms. The van der Waals surface area contributed by atoms with Crippen LogP contribution < -0.4 is 10.6 Å². The fourth-order valence-electron chi connectivity index (χ4n) is 6.20. The number of aliphatic hydroxyl groups excluding tert-OH is 5. The van der Waals surface area contributed by atoms with Crippen molar-refractivity contribution in [2.75, 3.05) is 18.9 Å². The number of thioether (sulfide) groups is 1. The van der Waals surface area contributed by atoms with Gasteiger partial charge in [-0.15, -0.1) is 11.8 Å². The summed E-state index contributed by atoms with van der Waals surface area (Å²) in [5.41, 5.74) is 0.639. The zero-order valence-corrected chi connectivity index (χ0v) is 30.4. The second-order valence-electron chi connectivity index (χ2n) is 13.3. The topological polar surface area (TPSA) is 208 Å². The number of amides is 3. The van der Waals surface area contributed by atoms with E-state index in [9.17, 15) is 34.8 Å². The first-order chi connectivity index (χ1) is 23.6. The predicted octanol–water partition coefficient (Wildman–Crippen LogP) is 2.54. The van der Waals surface area contributed by atoms with Crippen LogP contribution in [-0.4, -0.2) is 119 Å². The maximum Gasteiger partial charge on any atom is 0.244 e. The molecule has 0 saturated carbocycles. The number of imidazole rings is 1. The summed E-state index contributed by atoms with van der Waals surface area (Å²) in [6.45, 7) is 3.09. The van der Waals surface area contributed by atoms with Crippen molar-refractivity contribution < 1.29 is 39.9 Å². The highest BCUT2D eigenvalue weighted by Gasteiger charge is 2.47. The molecule has 282 valence electrons. The quantitative estimate of drug-likeness (QED) is 0.0625. The first-order valence-corrected chi connectivity index (χ1v) is 19.5. The lowest BCUT2D eigenvalue weighted by Crippen LogP contribution is -2.58. The molecule has 2 rings (SSSR count). The Bertz CT molecular complexity index is 1050. The molecule has 2 unspecified atom stereocenters. The van der Waals surface area contributed by atoms with Crippen molar-refractivity contribution in [1.82, 2.24) is 25.5 Å². The maximum absolute atomic E-state index is 13.5. The minimum Gasteiger partial charge on any atom is -0.394 e. The van der Waals surface area contributed by atoms with Gasteiger partial charge in [0.2, 0.25) is 17.7 Å². The number of aliphatic hydroxyl groups is 5. The summed E-state index contributed by atoms with van der Waals surface area (Å²) in [6, 6.07) is -2.02. The minimum absolute atomic E-state index is 0.0656. The average Bonchev–Trinajstić information content (AvgIpc) is 3.78. The lowest BCUT2D eigenvalue weighted by atomic mass is 10.0. The standard InChI is InChI=1S/C35H63N5O8S/c1-3-4-5-6-7-8-9-10-11-12-13-14-15-16-17-18-19-37-33(47)27(20-26-21-36-24-38-26)39-34(48)28-23-49-35(40(28)25(2)42)32(46)31(45)30(44)29(43)22-41/h21,24,27-32,35,41,43-46H,3-20,22-23H2,1-2H3,(H,36,38)(H,37,47)(H,39,48)/t27-,28?,29+,30-,31-,32+,35?/m0/s1. The van der Waals surface area contributed by atoms with Crippen LogP contribution in [0.5, 0.6) is 0 Å². The monoisotopic (exact) mass is 713 g/mol. The number of H-pyrrole nitrogens is 1. The minimum atomic E-state index is -1.90. The van der Waals surface area contributed by atoms with Crippen molar-refractivity contribution >= 4 is 29.5 Å². The Morgan fingerprint density at radius 1 is 0.898 bits per heavy atom. The highest BCUT2D eigenvalue weighted by Crippen LogP contribution is 2.33. The van der Waals surface area contributed by atoms with Crippen LogP contribution in [0.1, 0.15) is 122 Å². The lowest BCUT2D eigenvalue weighted by molar-refractivity contribution is -0.147. The summed E-state index contributed by atoms with van der Waals surface area (Å²) in [5, 5.41) is 54.5. The third-order valence-corrected chi connectivity index (χ3v) is 10.6. The van der Waals surface area contributed by atoms with E-state index in [1.165, 1.54) is 96.7 Å². The fourth-order valence-corrected chi connectivity index (χ4v) is 7.70. The SMILES string of the molecule is CCCCCCCCCCCCCCCCCCNC(=O)[C@H](Cc1cnc[nH]1)NC(=O)C1CSC([C@H](O)[C@@H](O)[C@@H](O)[C@H](O)CO)N1C(C)=O. The van der Waals surface area contributed by atoms with Crippen molar-refractivity contribution in [3.05, 3.63) is 18.2 Å². The molecule has 2 heterocycles. The van der Waals surface area contributed by atoms with Crippen molar-refractivity contribution in [1.29, 1.82) is 0 Å². The van der Waals surface area contributed by atoms with E-state index in [1.54, 1.807) is 6.20 Å². The van der Waals surface area contributed by atoms with Gasteiger partial charge in [-0.2, -0.15) is 0 Å². The summed E-state index contributed by atoms with van der Waals surface area (Å²) >= 11 is 1.03. The molecule has 1 aromatic heterocycles. The number of aromatic amines is 1.